The van der Waals surface area contributed by atoms with Crippen LogP contribution in [-0.4, -0.2) is 75.0 Å². The van der Waals surface area contributed by atoms with E-state index in [4.69, 9.17) is 0 Å². The van der Waals surface area contributed by atoms with Gasteiger partial charge in [0.1, 0.15) is 11.0 Å². The molecule has 2 aromatic rings. The van der Waals surface area contributed by atoms with Crippen LogP contribution in [0.25, 0.3) is 11.0 Å². The lowest BCUT2D eigenvalue weighted by Gasteiger charge is -2.34. The highest BCUT2D eigenvalue weighted by Gasteiger charge is 2.28. The number of carbonyl (C=O) groups excluding carboxylic acids is 1. The number of aryl methyl sites for hydroxylation is 3. The van der Waals surface area contributed by atoms with Crippen LogP contribution in [0.3, 0.4) is 0 Å². The minimum atomic E-state index is -3.19. The summed E-state index contributed by atoms with van der Waals surface area (Å²) in [5, 5.41) is 8.89. The fraction of sp³-hybridized carbons (Fsp3) is 0.706. The Morgan fingerprint density at radius 3 is 2.48 bits per heavy atom. The van der Waals surface area contributed by atoms with Crippen LogP contribution < -0.4 is 0 Å². The van der Waals surface area contributed by atoms with Gasteiger partial charge in [-0.3, -0.25) is 14.2 Å². The first kappa shape index (κ1) is 19.8. The average Bonchev–Trinajstić information content (AvgIpc) is 3.21. The Hall–Kier alpha value is -1.94. The van der Waals surface area contributed by atoms with Crippen molar-refractivity contribution in [2.75, 3.05) is 31.9 Å². The number of rotatable bonds is 7. The minimum Gasteiger partial charge on any atom is -0.340 e. The summed E-state index contributed by atoms with van der Waals surface area (Å²) in [6, 6.07) is 0. The van der Waals surface area contributed by atoms with E-state index in [0.29, 0.717) is 45.6 Å². The molecule has 1 amide bonds. The van der Waals surface area contributed by atoms with Gasteiger partial charge in [-0.2, -0.15) is 14.5 Å². The number of hydrogen-bond acceptors (Lipinski definition) is 5. The zero-order valence-corrected chi connectivity index (χ0v) is 17.1. The summed E-state index contributed by atoms with van der Waals surface area (Å²) in [7, 11) is -3.19. The van der Waals surface area contributed by atoms with E-state index < -0.39 is 10.0 Å². The van der Waals surface area contributed by atoms with Crippen molar-refractivity contribution >= 4 is 27.0 Å². The first-order chi connectivity index (χ1) is 12.9. The normalized spacial score (nSPS) is 16.3. The molecule has 0 radical (unpaired) electrons. The van der Waals surface area contributed by atoms with Gasteiger partial charge in [0.05, 0.1) is 24.2 Å². The second kappa shape index (κ2) is 7.97. The van der Waals surface area contributed by atoms with Gasteiger partial charge in [0, 0.05) is 39.1 Å². The molecule has 1 saturated heterocycles. The van der Waals surface area contributed by atoms with Gasteiger partial charge in [0.25, 0.3) is 0 Å². The molecule has 0 aromatic carbocycles. The molecule has 10 heteroatoms. The predicted molar refractivity (Wildman–Crippen MR) is 103 cm³/mol. The molecule has 1 fully saturated rings. The number of nitrogens with zero attached hydrogens (tertiary/aromatic N) is 6. The van der Waals surface area contributed by atoms with Gasteiger partial charge in [0.2, 0.25) is 15.9 Å². The fourth-order valence-corrected chi connectivity index (χ4v) is 5.09. The second-order valence-electron chi connectivity index (χ2n) is 6.85. The Labute approximate surface area is 160 Å². The van der Waals surface area contributed by atoms with Gasteiger partial charge < -0.3 is 4.90 Å². The molecule has 150 valence electrons. The standard InChI is InChI=1S/C17H28N6O3S/c1-4-12-27(25,26)21-10-8-20(9-11-21)16(24)6-7-23-17-14(3)19-22(5-2)15(17)13-18-23/h13H,4-12H2,1-3H3. The zero-order chi connectivity index (χ0) is 19.6. The Morgan fingerprint density at radius 2 is 1.85 bits per heavy atom. The molecule has 1 aliphatic heterocycles. The summed E-state index contributed by atoms with van der Waals surface area (Å²) >= 11 is 0. The molecule has 0 atom stereocenters. The summed E-state index contributed by atoms with van der Waals surface area (Å²) in [4.78, 5) is 14.3. The summed E-state index contributed by atoms with van der Waals surface area (Å²) in [6.07, 6.45) is 2.74. The van der Waals surface area contributed by atoms with E-state index in [9.17, 15) is 13.2 Å². The molecule has 0 unspecified atom stereocenters. The lowest BCUT2D eigenvalue weighted by atomic mass is 10.3. The summed E-state index contributed by atoms with van der Waals surface area (Å²) in [5.74, 6) is 0.202. The van der Waals surface area contributed by atoms with Crippen molar-refractivity contribution in [2.24, 2.45) is 0 Å². The van der Waals surface area contributed by atoms with Crippen LogP contribution in [0.4, 0.5) is 0 Å². The topological polar surface area (TPSA) is 93.3 Å². The maximum atomic E-state index is 12.6. The highest BCUT2D eigenvalue weighted by Crippen LogP contribution is 2.18. The SMILES string of the molecule is CCCS(=O)(=O)N1CCN(C(=O)CCn2ncc3c2c(C)nn3CC)CC1. The molecule has 0 aliphatic carbocycles. The van der Waals surface area contributed by atoms with Gasteiger partial charge in [-0.1, -0.05) is 6.92 Å². The number of amides is 1. The largest absolute Gasteiger partial charge is 0.340 e. The Morgan fingerprint density at radius 1 is 1.15 bits per heavy atom. The van der Waals surface area contributed by atoms with Crippen LogP contribution in [0.2, 0.25) is 0 Å². The fourth-order valence-electron chi connectivity index (χ4n) is 3.59. The first-order valence-corrected chi connectivity index (χ1v) is 11.1. The molecular weight excluding hydrogens is 368 g/mol. The van der Waals surface area contributed by atoms with Crippen LogP contribution in [0, 0.1) is 6.92 Å². The van der Waals surface area contributed by atoms with E-state index in [2.05, 4.69) is 10.2 Å². The maximum Gasteiger partial charge on any atom is 0.224 e. The van der Waals surface area contributed by atoms with E-state index in [1.165, 1.54) is 4.31 Å². The molecule has 0 bridgehead atoms. The van der Waals surface area contributed by atoms with Crippen LogP contribution in [-0.2, 0) is 27.9 Å². The molecule has 3 rings (SSSR count). The number of piperazine rings is 1. The lowest BCUT2D eigenvalue weighted by Crippen LogP contribution is -2.51. The van der Waals surface area contributed by atoms with Gasteiger partial charge in [0.15, 0.2) is 0 Å². The molecule has 27 heavy (non-hydrogen) atoms. The molecule has 0 saturated carbocycles. The molecular formula is C17H28N6O3S. The quantitative estimate of drug-likeness (QED) is 0.691. The molecule has 0 N–H and O–H groups in total. The van der Waals surface area contributed by atoms with Gasteiger partial charge in [-0.25, -0.2) is 8.42 Å². The molecule has 3 heterocycles. The van der Waals surface area contributed by atoms with E-state index in [1.54, 1.807) is 11.1 Å². The molecule has 2 aromatic heterocycles. The van der Waals surface area contributed by atoms with Crippen molar-refractivity contribution in [1.82, 2.24) is 28.8 Å². The number of hydrogen-bond donors (Lipinski definition) is 0. The van der Waals surface area contributed by atoms with Crippen molar-refractivity contribution in [2.45, 2.75) is 46.7 Å². The maximum absolute atomic E-state index is 12.6. The number of sulfonamides is 1. The third-order valence-electron chi connectivity index (χ3n) is 5.00. The lowest BCUT2D eigenvalue weighted by molar-refractivity contribution is -0.132. The van der Waals surface area contributed by atoms with Crippen LogP contribution >= 0.6 is 0 Å². The van der Waals surface area contributed by atoms with Crippen molar-refractivity contribution in [3.63, 3.8) is 0 Å². The summed E-state index contributed by atoms with van der Waals surface area (Å²) in [6.45, 7) is 8.76. The van der Waals surface area contributed by atoms with Gasteiger partial charge in [-0.05, 0) is 20.3 Å². The van der Waals surface area contributed by atoms with Crippen LogP contribution in [0.1, 0.15) is 32.4 Å². The molecule has 1 aliphatic rings. The Balaban J connectivity index is 1.57. The highest BCUT2D eigenvalue weighted by atomic mass is 32.2. The first-order valence-electron chi connectivity index (χ1n) is 9.52. The monoisotopic (exact) mass is 396 g/mol. The van der Waals surface area contributed by atoms with Crippen molar-refractivity contribution < 1.29 is 13.2 Å². The average molecular weight is 397 g/mol. The van der Waals surface area contributed by atoms with Gasteiger partial charge in [-0.15, -0.1) is 0 Å². The second-order valence-corrected chi connectivity index (χ2v) is 8.94. The van der Waals surface area contributed by atoms with E-state index >= 15 is 0 Å². The highest BCUT2D eigenvalue weighted by molar-refractivity contribution is 7.89. The van der Waals surface area contributed by atoms with Crippen LogP contribution in [0.5, 0.6) is 0 Å². The van der Waals surface area contributed by atoms with Crippen molar-refractivity contribution in [1.29, 1.82) is 0 Å². The van der Waals surface area contributed by atoms with Crippen LogP contribution in [0.15, 0.2) is 6.20 Å². The number of fused-ring (bicyclic) bond motifs is 1. The number of carbonyl (C=O) groups is 1. The smallest absolute Gasteiger partial charge is 0.224 e. The van der Waals surface area contributed by atoms with E-state index in [-0.39, 0.29) is 11.7 Å². The predicted octanol–water partition coefficient (Wildman–Crippen LogP) is 0.835. The third-order valence-corrected chi connectivity index (χ3v) is 7.07. The zero-order valence-electron chi connectivity index (χ0n) is 16.3. The summed E-state index contributed by atoms with van der Waals surface area (Å²) < 4.78 is 29.5. The van der Waals surface area contributed by atoms with E-state index in [0.717, 1.165) is 23.3 Å². The minimum absolute atomic E-state index is 0.0340. The van der Waals surface area contributed by atoms with Crippen molar-refractivity contribution in [3.8, 4) is 0 Å². The van der Waals surface area contributed by atoms with Crippen molar-refractivity contribution in [3.05, 3.63) is 11.9 Å². The molecule has 9 nitrogen and oxygen atoms in total. The molecule has 0 spiro atoms. The third kappa shape index (κ3) is 4.01. The Bertz CT molecular complexity index is 909. The van der Waals surface area contributed by atoms with Gasteiger partial charge >= 0.3 is 0 Å². The van der Waals surface area contributed by atoms with E-state index in [1.807, 2.05) is 30.1 Å². The Kier molecular flexibility index (Phi) is 5.85. The summed E-state index contributed by atoms with van der Waals surface area (Å²) in [5.41, 5.74) is 2.86. The number of aromatic nitrogens is 4.